The van der Waals surface area contributed by atoms with Crippen molar-refractivity contribution >= 4 is 35.4 Å². The molecule has 0 bridgehead atoms. The summed E-state index contributed by atoms with van der Waals surface area (Å²) in [6.07, 6.45) is 0. The molecule has 1 aliphatic heterocycles. The second kappa shape index (κ2) is 11.8. The van der Waals surface area contributed by atoms with Crippen molar-refractivity contribution in [2.75, 3.05) is 31.2 Å². The lowest BCUT2D eigenvalue weighted by molar-refractivity contribution is 0.122. The molecule has 41 heavy (non-hydrogen) atoms. The summed E-state index contributed by atoms with van der Waals surface area (Å²) in [7, 11) is -4.31. The maximum atomic E-state index is 14.2. The van der Waals surface area contributed by atoms with Gasteiger partial charge in [-0.2, -0.15) is 0 Å². The highest BCUT2D eigenvalue weighted by Crippen LogP contribution is 2.52. The second-order valence-corrected chi connectivity index (χ2v) is 11.1. The minimum absolute atomic E-state index is 0.0200. The van der Waals surface area contributed by atoms with Gasteiger partial charge in [-0.15, -0.1) is 0 Å². The number of phosphoric ester groups is 1. The van der Waals surface area contributed by atoms with Crippen LogP contribution in [-0.4, -0.2) is 26.3 Å². The predicted octanol–water partition coefficient (Wildman–Crippen LogP) is 6.84. The van der Waals surface area contributed by atoms with Crippen LogP contribution in [0.15, 0.2) is 100 Å². The highest BCUT2D eigenvalue weighted by atomic mass is 31.2. The van der Waals surface area contributed by atoms with E-state index in [2.05, 4.69) is 0 Å². The van der Waals surface area contributed by atoms with E-state index in [1.807, 2.05) is 65.6 Å². The minimum Gasteiger partial charge on any atom is -0.455 e. The molecule has 1 aliphatic rings. The van der Waals surface area contributed by atoms with Crippen molar-refractivity contribution < 1.29 is 31.7 Å². The molecule has 210 valence electrons. The highest BCUT2D eigenvalue weighted by Gasteiger charge is 2.32. The van der Waals surface area contributed by atoms with Gasteiger partial charge in [-0.1, -0.05) is 60.7 Å². The molecule has 2 heterocycles. The first-order valence-corrected chi connectivity index (χ1v) is 14.6. The fraction of sp³-hybridized carbons (Fsp3) is 0.194. The number of benzene rings is 4. The first-order chi connectivity index (χ1) is 20.0. The van der Waals surface area contributed by atoms with Gasteiger partial charge in [-0.3, -0.25) is 13.8 Å². The molecule has 8 nitrogen and oxygen atoms in total. The number of phosphoric acid groups is 1. The molecule has 0 radical (unpaired) electrons. The van der Waals surface area contributed by atoms with Gasteiger partial charge in [-0.05, 0) is 23.3 Å². The Morgan fingerprint density at radius 3 is 2.07 bits per heavy atom. The van der Waals surface area contributed by atoms with E-state index in [4.69, 9.17) is 22.7 Å². The molecule has 6 rings (SSSR count). The number of ether oxygens (including phenoxy) is 1. The summed E-state index contributed by atoms with van der Waals surface area (Å²) in [5.74, 6) is -0.553. The molecule has 1 fully saturated rings. The predicted molar refractivity (Wildman–Crippen MR) is 154 cm³/mol. The lowest BCUT2D eigenvalue weighted by atomic mass is 10.1. The smallest absolute Gasteiger partial charge is 0.455 e. The summed E-state index contributed by atoms with van der Waals surface area (Å²) in [5, 5.41) is 0.209. The third-order valence-corrected chi connectivity index (χ3v) is 8.05. The van der Waals surface area contributed by atoms with Crippen LogP contribution in [0.5, 0.6) is 5.75 Å². The van der Waals surface area contributed by atoms with Crippen molar-refractivity contribution in [1.82, 2.24) is 0 Å². The summed E-state index contributed by atoms with van der Waals surface area (Å²) < 4.78 is 57.4. The first kappa shape index (κ1) is 27.2. The Labute approximate surface area is 235 Å². The number of rotatable bonds is 9. The van der Waals surface area contributed by atoms with E-state index in [9.17, 15) is 13.8 Å². The normalized spacial score (nSPS) is 14.0. The fourth-order valence-electron chi connectivity index (χ4n) is 4.64. The average molecular weight is 576 g/mol. The molecule has 5 aromatic rings. The molecule has 0 aliphatic carbocycles. The second-order valence-electron chi connectivity index (χ2n) is 9.54. The Morgan fingerprint density at radius 1 is 0.805 bits per heavy atom. The van der Waals surface area contributed by atoms with E-state index >= 15 is 0 Å². The van der Waals surface area contributed by atoms with Gasteiger partial charge >= 0.3 is 7.82 Å². The molecule has 4 aromatic carbocycles. The standard InChI is InChI=1S/C31H27FNO7P/c32-24-11-12-26-27(17-24)39-28-18-25(33-13-15-36-16-14-33)19-29(30(28)31(26)34)40-41(35,37-20-22-7-3-1-4-8-22)38-21-23-9-5-2-6-10-23/h1-12,17-19H,13-16,20-21H2. The van der Waals surface area contributed by atoms with Crippen LogP contribution in [0.1, 0.15) is 11.1 Å². The Balaban J connectivity index is 1.44. The van der Waals surface area contributed by atoms with Crippen molar-refractivity contribution in [3.8, 4) is 5.75 Å². The summed E-state index contributed by atoms with van der Waals surface area (Å²) >= 11 is 0. The summed E-state index contributed by atoms with van der Waals surface area (Å²) in [6.45, 7) is 2.10. The molecule has 0 unspecified atom stereocenters. The number of hydrogen-bond acceptors (Lipinski definition) is 8. The number of fused-ring (bicyclic) bond motifs is 2. The van der Waals surface area contributed by atoms with E-state index in [0.29, 0.717) is 32.0 Å². The lowest BCUT2D eigenvalue weighted by Gasteiger charge is -2.29. The van der Waals surface area contributed by atoms with Crippen LogP contribution in [0, 0.1) is 5.82 Å². The zero-order valence-corrected chi connectivity index (χ0v) is 22.9. The van der Waals surface area contributed by atoms with Crippen molar-refractivity contribution in [2.24, 2.45) is 0 Å². The molecular weight excluding hydrogens is 548 g/mol. The van der Waals surface area contributed by atoms with Crippen LogP contribution in [0.25, 0.3) is 21.9 Å². The molecule has 0 amide bonds. The van der Waals surface area contributed by atoms with Gasteiger partial charge in [0.05, 0.1) is 31.8 Å². The van der Waals surface area contributed by atoms with Gasteiger partial charge in [0.1, 0.15) is 28.1 Å². The van der Waals surface area contributed by atoms with Gasteiger partial charge in [0, 0.05) is 37.0 Å². The first-order valence-electron chi connectivity index (χ1n) is 13.2. The summed E-state index contributed by atoms with van der Waals surface area (Å²) in [6, 6.07) is 25.4. The number of anilines is 1. The van der Waals surface area contributed by atoms with E-state index in [-0.39, 0.29) is 40.9 Å². The zero-order valence-electron chi connectivity index (χ0n) is 22.0. The van der Waals surface area contributed by atoms with E-state index in [1.54, 1.807) is 12.1 Å². The van der Waals surface area contributed by atoms with Crippen LogP contribution in [0.3, 0.4) is 0 Å². The van der Waals surface area contributed by atoms with Crippen molar-refractivity contribution in [3.63, 3.8) is 0 Å². The SMILES string of the molecule is O=c1c2ccc(F)cc2oc2cc(N3CCOCC3)cc(OP(=O)(OCc3ccccc3)OCc3ccccc3)c12. The van der Waals surface area contributed by atoms with Crippen molar-refractivity contribution in [3.05, 3.63) is 118 Å². The van der Waals surface area contributed by atoms with Crippen LogP contribution in [0.4, 0.5) is 10.1 Å². The third-order valence-electron chi connectivity index (χ3n) is 6.74. The number of hydrogen-bond donors (Lipinski definition) is 0. The molecule has 1 aromatic heterocycles. The molecule has 1 saturated heterocycles. The topological polar surface area (TPSA) is 87.4 Å². The Morgan fingerprint density at radius 2 is 1.44 bits per heavy atom. The Kier molecular flexibility index (Phi) is 7.85. The van der Waals surface area contributed by atoms with E-state index < -0.39 is 19.1 Å². The maximum absolute atomic E-state index is 14.2. The summed E-state index contributed by atoms with van der Waals surface area (Å²) in [5.41, 5.74) is 1.98. The molecule has 10 heteroatoms. The third kappa shape index (κ3) is 6.19. The van der Waals surface area contributed by atoms with Gasteiger partial charge < -0.3 is 18.6 Å². The lowest BCUT2D eigenvalue weighted by Crippen LogP contribution is -2.36. The Bertz CT molecular complexity index is 1730. The largest absolute Gasteiger partial charge is 0.530 e. The van der Waals surface area contributed by atoms with E-state index in [0.717, 1.165) is 17.2 Å². The molecule has 0 N–H and O–H groups in total. The molecule has 0 spiro atoms. The van der Waals surface area contributed by atoms with Crippen LogP contribution >= 0.6 is 7.82 Å². The Hall–Kier alpha value is -4.01. The molecule has 0 atom stereocenters. The number of halogens is 1. The van der Waals surface area contributed by atoms with E-state index in [1.165, 1.54) is 12.1 Å². The van der Waals surface area contributed by atoms with Gasteiger partial charge in [0.25, 0.3) is 0 Å². The minimum atomic E-state index is -4.31. The quantitative estimate of drug-likeness (QED) is 0.139. The van der Waals surface area contributed by atoms with Crippen molar-refractivity contribution in [1.29, 1.82) is 0 Å². The summed E-state index contributed by atoms with van der Waals surface area (Å²) in [4.78, 5) is 15.7. The average Bonchev–Trinajstić information content (AvgIpc) is 3.00. The van der Waals surface area contributed by atoms with Gasteiger partial charge in [0.15, 0.2) is 0 Å². The van der Waals surface area contributed by atoms with Gasteiger partial charge in [-0.25, -0.2) is 8.96 Å². The fourth-order valence-corrected chi connectivity index (χ4v) is 5.82. The van der Waals surface area contributed by atoms with Gasteiger partial charge in [0.2, 0.25) is 5.43 Å². The van der Waals surface area contributed by atoms with Crippen LogP contribution < -0.4 is 14.9 Å². The van der Waals surface area contributed by atoms with Crippen molar-refractivity contribution in [2.45, 2.75) is 13.2 Å². The molecule has 0 saturated carbocycles. The highest BCUT2D eigenvalue weighted by molar-refractivity contribution is 7.48. The van der Waals surface area contributed by atoms with Crippen LogP contribution in [-0.2, 0) is 31.6 Å². The van der Waals surface area contributed by atoms with Crippen LogP contribution in [0.2, 0.25) is 0 Å². The maximum Gasteiger partial charge on any atom is 0.530 e. The monoisotopic (exact) mass is 575 g/mol. The zero-order chi connectivity index (χ0) is 28.2. The molecular formula is C31H27FNO7P. The number of morpholine rings is 1. The number of nitrogens with zero attached hydrogens (tertiary/aromatic N) is 1.